The van der Waals surface area contributed by atoms with E-state index in [2.05, 4.69) is 25.4 Å². The van der Waals surface area contributed by atoms with E-state index in [4.69, 9.17) is 5.73 Å². The smallest absolute Gasteiger partial charge is 0.165 e. The van der Waals surface area contributed by atoms with E-state index in [1.165, 1.54) is 6.20 Å². The van der Waals surface area contributed by atoms with Gasteiger partial charge < -0.3 is 10.3 Å². The van der Waals surface area contributed by atoms with Crippen LogP contribution in [-0.2, 0) is 6.54 Å². The van der Waals surface area contributed by atoms with Crippen LogP contribution >= 0.6 is 0 Å². The second-order valence-electron chi connectivity index (χ2n) is 5.22. The van der Waals surface area contributed by atoms with E-state index in [9.17, 15) is 4.39 Å². The lowest BCUT2D eigenvalue weighted by Gasteiger charge is -2.24. The maximum Gasteiger partial charge on any atom is 0.165 e. The molecule has 4 heteroatoms. The molecule has 0 fully saturated rings. The van der Waals surface area contributed by atoms with E-state index in [0.717, 1.165) is 19.4 Å². The van der Waals surface area contributed by atoms with Crippen LogP contribution in [0.1, 0.15) is 26.7 Å². The molecule has 102 valence electrons. The number of nitrogen functional groups attached to an aromatic ring is 1. The molecule has 1 atom stereocenters. The number of hydrogen-bond donors (Lipinski definition) is 1. The van der Waals surface area contributed by atoms with Crippen molar-refractivity contribution in [3.05, 3.63) is 36.9 Å². The van der Waals surface area contributed by atoms with Crippen molar-refractivity contribution in [3.8, 4) is 0 Å². The molecule has 0 aliphatic heterocycles. The maximum absolute atomic E-state index is 13.9. The summed E-state index contributed by atoms with van der Waals surface area (Å²) in [5.74, 6) is 0.0446. The van der Waals surface area contributed by atoms with Gasteiger partial charge in [0.2, 0.25) is 0 Å². The monoisotopic (exact) mass is 261 g/mol. The van der Waals surface area contributed by atoms with Gasteiger partial charge in [-0.3, -0.25) is 0 Å². The molecule has 2 N–H and O–H groups in total. The Morgan fingerprint density at radius 1 is 1.58 bits per heavy atom. The first-order valence-corrected chi connectivity index (χ1v) is 6.53. The molecule has 0 aromatic carbocycles. The molecular formula is C15H20FN3. The molecule has 0 radical (unpaired) electrons. The highest BCUT2D eigenvalue weighted by Gasteiger charge is 2.18. The van der Waals surface area contributed by atoms with Crippen LogP contribution < -0.4 is 5.73 Å². The molecule has 19 heavy (non-hydrogen) atoms. The Balaban J connectivity index is 2.32. The Labute approximate surface area is 112 Å². The minimum Gasteiger partial charge on any atom is -0.383 e. The third-order valence-corrected chi connectivity index (χ3v) is 4.01. The minimum atomic E-state index is -0.328. The van der Waals surface area contributed by atoms with E-state index in [0.29, 0.717) is 16.7 Å². The maximum atomic E-state index is 13.9. The van der Waals surface area contributed by atoms with Crippen LogP contribution in [-0.4, -0.2) is 9.55 Å². The van der Waals surface area contributed by atoms with Gasteiger partial charge in [0.05, 0.1) is 11.7 Å². The molecule has 2 aromatic rings. The second kappa shape index (κ2) is 5.03. The summed E-state index contributed by atoms with van der Waals surface area (Å²) in [7, 11) is 0. The Morgan fingerprint density at radius 3 is 2.95 bits per heavy atom. The van der Waals surface area contributed by atoms with Gasteiger partial charge in [0.1, 0.15) is 5.82 Å². The van der Waals surface area contributed by atoms with Crippen molar-refractivity contribution < 1.29 is 4.39 Å². The van der Waals surface area contributed by atoms with E-state index >= 15 is 0 Å². The summed E-state index contributed by atoms with van der Waals surface area (Å²) < 4.78 is 15.8. The number of halogens is 1. The zero-order chi connectivity index (χ0) is 14.0. The third-order valence-electron chi connectivity index (χ3n) is 4.01. The van der Waals surface area contributed by atoms with E-state index in [1.807, 2.05) is 22.9 Å². The number of nitrogens with zero attached hydrogens (tertiary/aromatic N) is 2. The largest absolute Gasteiger partial charge is 0.383 e. The Bertz CT molecular complexity index is 603. The van der Waals surface area contributed by atoms with Crippen LogP contribution in [0.3, 0.4) is 0 Å². The van der Waals surface area contributed by atoms with Crippen LogP contribution in [0.25, 0.3) is 10.9 Å². The van der Waals surface area contributed by atoms with Gasteiger partial charge in [0.25, 0.3) is 0 Å². The normalized spacial score (nSPS) is 14.5. The number of aryl methyl sites for hydroxylation is 1. The van der Waals surface area contributed by atoms with Gasteiger partial charge in [-0.05, 0) is 24.3 Å². The summed E-state index contributed by atoms with van der Waals surface area (Å²) in [6.45, 7) is 8.92. The molecule has 2 heterocycles. The fourth-order valence-corrected chi connectivity index (χ4v) is 2.19. The molecule has 0 aliphatic carbocycles. The van der Waals surface area contributed by atoms with Crippen LogP contribution in [0.4, 0.5) is 10.2 Å². The van der Waals surface area contributed by atoms with Gasteiger partial charge >= 0.3 is 0 Å². The molecule has 0 saturated heterocycles. The first-order chi connectivity index (χ1) is 9.00. The van der Waals surface area contributed by atoms with E-state index < -0.39 is 0 Å². The number of rotatable bonds is 5. The van der Waals surface area contributed by atoms with Crippen molar-refractivity contribution in [2.24, 2.45) is 5.41 Å². The molecule has 0 bridgehead atoms. The lowest BCUT2D eigenvalue weighted by atomic mass is 9.84. The number of hydrogen-bond acceptors (Lipinski definition) is 2. The summed E-state index contributed by atoms with van der Waals surface area (Å²) in [5.41, 5.74) is 6.38. The molecule has 0 unspecified atom stereocenters. The molecule has 3 nitrogen and oxygen atoms in total. The summed E-state index contributed by atoms with van der Waals surface area (Å²) in [5, 5.41) is 0.678. The Morgan fingerprint density at radius 2 is 2.32 bits per heavy atom. The first kappa shape index (κ1) is 13.6. The average molecular weight is 261 g/mol. The number of aromatic nitrogens is 2. The number of allylic oxidation sites excluding steroid dienone is 1. The fraction of sp³-hybridized carbons (Fsp3) is 0.400. The highest BCUT2D eigenvalue weighted by molar-refractivity contribution is 5.89. The minimum absolute atomic E-state index is 0.0750. The zero-order valence-electron chi connectivity index (χ0n) is 11.5. The van der Waals surface area contributed by atoms with Crippen molar-refractivity contribution in [1.82, 2.24) is 9.55 Å². The molecule has 0 aliphatic rings. The highest BCUT2D eigenvalue weighted by atomic mass is 19.1. The van der Waals surface area contributed by atoms with Gasteiger partial charge in [-0.15, -0.1) is 6.58 Å². The second-order valence-corrected chi connectivity index (χ2v) is 5.22. The van der Waals surface area contributed by atoms with Crippen LogP contribution in [0.15, 0.2) is 31.1 Å². The first-order valence-electron chi connectivity index (χ1n) is 6.53. The topological polar surface area (TPSA) is 43.8 Å². The Hall–Kier alpha value is -1.84. The molecule has 2 aromatic heterocycles. The van der Waals surface area contributed by atoms with Crippen molar-refractivity contribution >= 4 is 16.7 Å². The van der Waals surface area contributed by atoms with Crippen molar-refractivity contribution in [1.29, 1.82) is 0 Å². The molecule has 0 spiro atoms. The van der Waals surface area contributed by atoms with Crippen LogP contribution in [0.2, 0.25) is 0 Å². The van der Waals surface area contributed by atoms with Crippen LogP contribution in [0, 0.1) is 11.2 Å². The van der Waals surface area contributed by atoms with Gasteiger partial charge in [0, 0.05) is 18.1 Å². The zero-order valence-corrected chi connectivity index (χ0v) is 11.5. The Kier molecular flexibility index (Phi) is 3.60. The highest BCUT2D eigenvalue weighted by Crippen LogP contribution is 2.29. The summed E-state index contributed by atoms with van der Waals surface area (Å²) in [6.07, 6.45) is 6.96. The van der Waals surface area contributed by atoms with E-state index in [-0.39, 0.29) is 11.2 Å². The molecule has 0 saturated carbocycles. The number of anilines is 1. The van der Waals surface area contributed by atoms with Crippen molar-refractivity contribution in [2.45, 2.75) is 33.2 Å². The van der Waals surface area contributed by atoms with Gasteiger partial charge in [-0.2, -0.15) is 0 Å². The number of nitrogens with two attached hydrogens (primary N) is 1. The SMILES string of the molecule is C=C[C@@](C)(CC)CCn1ccc2c(N)ncc(F)c21. The average Bonchev–Trinajstić information content (AvgIpc) is 2.85. The van der Waals surface area contributed by atoms with Gasteiger partial charge in [0.15, 0.2) is 5.82 Å². The quantitative estimate of drug-likeness (QED) is 0.833. The summed E-state index contributed by atoms with van der Waals surface area (Å²) >= 11 is 0. The molecule has 0 amide bonds. The summed E-state index contributed by atoms with van der Waals surface area (Å²) in [4.78, 5) is 3.83. The van der Waals surface area contributed by atoms with E-state index in [1.54, 1.807) is 0 Å². The molecule has 2 rings (SSSR count). The lowest BCUT2D eigenvalue weighted by Crippen LogP contribution is -2.15. The van der Waals surface area contributed by atoms with Crippen LogP contribution in [0.5, 0.6) is 0 Å². The lowest BCUT2D eigenvalue weighted by molar-refractivity contribution is 0.354. The van der Waals surface area contributed by atoms with Crippen molar-refractivity contribution in [3.63, 3.8) is 0 Å². The standard InChI is InChI=1S/C15H20FN3/c1-4-15(3,5-2)7-9-19-8-6-11-13(19)12(16)10-18-14(11)17/h4,6,8,10H,1,5,7,9H2,2-3H3,(H2,17,18)/t15-/m0/s1. The number of fused-ring (bicyclic) bond motifs is 1. The fourth-order valence-electron chi connectivity index (χ4n) is 2.19. The van der Waals surface area contributed by atoms with Gasteiger partial charge in [-0.1, -0.05) is 19.9 Å². The van der Waals surface area contributed by atoms with Gasteiger partial charge in [-0.25, -0.2) is 9.37 Å². The van der Waals surface area contributed by atoms with Crippen molar-refractivity contribution in [2.75, 3.05) is 5.73 Å². The third kappa shape index (κ3) is 2.48. The number of pyridine rings is 1. The molecular weight excluding hydrogens is 241 g/mol. The summed E-state index contributed by atoms with van der Waals surface area (Å²) in [6, 6.07) is 1.82. The predicted octanol–water partition coefficient (Wildman–Crippen LogP) is 3.75. The predicted molar refractivity (Wildman–Crippen MR) is 77.3 cm³/mol.